The van der Waals surface area contributed by atoms with Crippen LogP contribution >= 0.6 is 11.8 Å². The van der Waals surface area contributed by atoms with Crippen molar-refractivity contribution in [3.8, 4) is 34.9 Å². The Morgan fingerprint density at radius 2 is 1.67 bits per heavy atom. The quantitative estimate of drug-likeness (QED) is 0.450. The SMILES string of the molecule is CC#CC#CC#CSC. The average Bonchev–Trinajstić information content (AvgIpc) is 1.89. The molecule has 0 saturated carbocycles. The van der Waals surface area contributed by atoms with E-state index in [0.29, 0.717) is 0 Å². The van der Waals surface area contributed by atoms with Crippen molar-refractivity contribution in [3.63, 3.8) is 0 Å². The molecular weight excluding hydrogens is 128 g/mol. The smallest absolute Gasteiger partial charge is 0.000161 e. The first-order chi connectivity index (χ1) is 4.41. The fourth-order valence-corrected chi connectivity index (χ4v) is 0.355. The molecule has 0 aliphatic heterocycles. The molecule has 0 aromatic heterocycles. The Kier molecular flexibility index (Phi) is 6.27. The first kappa shape index (κ1) is 8.03. The van der Waals surface area contributed by atoms with E-state index in [1.54, 1.807) is 6.92 Å². The molecule has 0 aliphatic rings. The van der Waals surface area contributed by atoms with Gasteiger partial charge in [0.05, 0.1) is 0 Å². The van der Waals surface area contributed by atoms with Crippen molar-refractivity contribution in [1.82, 2.24) is 0 Å². The molecule has 0 radical (unpaired) electrons. The monoisotopic (exact) mass is 134 g/mol. The summed E-state index contributed by atoms with van der Waals surface area (Å²) in [5.74, 6) is 13.0. The summed E-state index contributed by atoms with van der Waals surface area (Å²) in [7, 11) is 0. The number of thioether (sulfide) groups is 1. The van der Waals surface area contributed by atoms with Gasteiger partial charge in [0.1, 0.15) is 0 Å². The summed E-state index contributed by atoms with van der Waals surface area (Å²) in [5, 5.41) is 2.73. The predicted octanol–water partition coefficient (Wildman–Crippen LogP) is 1.34. The maximum atomic E-state index is 2.73. The van der Waals surface area contributed by atoms with Crippen molar-refractivity contribution in [1.29, 1.82) is 0 Å². The predicted molar refractivity (Wildman–Crippen MR) is 42.5 cm³/mol. The highest BCUT2D eigenvalue weighted by atomic mass is 32.2. The van der Waals surface area contributed by atoms with Gasteiger partial charge in [-0.25, -0.2) is 0 Å². The van der Waals surface area contributed by atoms with Crippen molar-refractivity contribution >= 4 is 11.8 Å². The molecule has 9 heavy (non-hydrogen) atoms. The van der Waals surface area contributed by atoms with E-state index in [4.69, 9.17) is 0 Å². The van der Waals surface area contributed by atoms with Gasteiger partial charge in [-0.1, -0.05) is 17.7 Å². The molecule has 0 amide bonds. The molecule has 0 aromatic rings. The van der Waals surface area contributed by atoms with Crippen molar-refractivity contribution in [2.75, 3.05) is 6.26 Å². The highest BCUT2D eigenvalue weighted by Gasteiger charge is 1.55. The molecular formula is C8H6S. The minimum Gasteiger partial charge on any atom is -0.0925 e. The van der Waals surface area contributed by atoms with Crippen molar-refractivity contribution < 1.29 is 0 Å². The minimum absolute atomic E-state index is 1.45. The van der Waals surface area contributed by atoms with E-state index >= 15 is 0 Å². The van der Waals surface area contributed by atoms with E-state index in [0.717, 1.165) is 0 Å². The highest BCUT2D eigenvalue weighted by molar-refractivity contribution is 8.03. The van der Waals surface area contributed by atoms with E-state index < -0.39 is 0 Å². The normalized spacial score (nSPS) is 4.67. The first-order valence-electron chi connectivity index (χ1n) is 2.36. The maximum Gasteiger partial charge on any atom is -0.000161 e. The fourth-order valence-electron chi connectivity index (χ4n) is 0.202. The van der Waals surface area contributed by atoms with E-state index in [2.05, 4.69) is 34.9 Å². The maximum absolute atomic E-state index is 2.73. The van der Waals surface area contributed by atoms with Gasteiger partial charge in [-0.3, -0.25) is 0 Å². The molecule has 0 N–H and O–H groups in total. The lowest BCUT2D eigenvalue weighted by Crippen LogP contribution is -1.49. The summed E-state index contributed by atoms with van der Waals surface area (Å²) in [6.45, 7) is 1.75. The zero-order valence-corrected chi connectivity index (χ0v) is 6.22. The highest BCUT2D eigenvalue weighted by Crippen LogP contribution is 1.81. The van der Waals surface area contributed by atoms with Gasteiger partial charge in [0.2, 0.25) is 0 Å². The Balaban J connectivity index is 3.71. The van der Waals surface area contributed by atoms with Crippen LogP contribution in [-0.4, -0.2) is 6.26 Å². The van der Waals surface area contributed by atoms with Crippen LogP contribution in [-0.2, 0) is 0 Å². The van der Waals surface area contributed by atoms with E-state index in [9.17, 15) is 0 Å². The summed E-state index contributed by atoms with van der Waals surface area (Å²) in [6, 6.07) is 0. The van der Waals surface area contributed by atoms with Gasteiger partial charge < -0.3 is 0 Å². The van der Waals surface area contributed by atoms with Gasteiger partial charge in [0, 0.05) is 0 Å². The van der Waals surface area contributed by atoms with Crippen LogP contribution in [0.3, 0.4) is 0 Å². The van der Waals surface area contributed by atoms with Gasteiger partial charge in [-0.2, -0.15) is 0 Å². The first-order valence-corrected chi connectivity index (χ1v) is 3.59. The molecule has 0 nitrogen and oxygen atoms in total. The fraction of sp³-hybridized carbons (Fsp3) is 0.250. The van der Waals surface area contributed by atoms with Crippen LogP contribution in [0.1, 0.15) is 6.92 Å². The summed E-state index contributed by atoms with van der Waals surface area (Å²) in [6.07, 6.45) is 1.90. The second-order valence-electron chi connectivity index (χ2n) is 1.06. The van der Waals surface area contributed by atoms with E-state index in [1.165, 1.54) is 11.8 Å². The summed E-state index contributed by atoms with van der Waals surface area (Å²) in [4.78, 5) is 0. The Labute approximate surface area is 60.4 Å². The van der Waals surface area contributed by atoms with Gasteiger partial charge in [0.15, 0.2) is 0 Å². The zero-order valence-electron chi connectivity index (χ0n) is 5.41. The van der Waals surface area contributed by atoms with Gasteiger partial charge in [0.25, 0.3) is 0 Å². The average molecular weight is 134 g/mol. The number of hydrogen-bond donors (Lipinski definition) is 0. The Morgan fingerprint density at radius 3 is 2.22 bits per heavy atom. The Morgan fingerprint density at radius 1 is 1.00 bits per heavy atom. The molecule has 0 atom stereocenters. The van der Waals surface area contributed by atoms with Crippen LogP contribution in [0.2, 0.25) is 0 Å². The van der Waals surface area contributed by atoms with Gasteiger partial charge in [-0.15, -0.1) is 0 Å². The Bertz CT molecular complexity index is 231. The molecule has 0 fully saturated rings. The van der Waals surface area contributed by atoms with Crippen molar-refractivity contribution in [3.05, 3.63) is 0 Å². The standard InChI is InChI=1S/C8H6S/c1-3-4-5-6-7-8-9-2/h1-2H3. The molecule has 0 bridgehead atoms. The minimum atomic E-state index is 1.45. The lowest BCUT2D eigenvalue weighted by molar-refractivity contribution is 1.92. The van der Waals surface area contributed by atoms with Crippen LogP contribution in [0.25, 0.3) is 0 Å². The number of hydrogen-bond acceptors (Lipinski definition) is 1. The molecule has 44 valence electrons. The molecule has 0 saturated heterocycles. The molecule has 0 heterocycles. The van der Waals surface area contributed by atoms with Crippen LogP contribution in [0.4, 0.5) is 0 Å². The third-order valence-electron chi connectivity index (χ3n) is 0.466. The van der Waals surface area contributed by atoms with Crippen molar-refractivity contribution in [2.24, 2.45) is 0 Å². The second kappa shape index (κ2) is 7.03. The second-order valence-corrected chi connectivity index (χ2v) is 1.67. The van der Waals surface area contributed by atoms with E-state index in [-0.39, 0.29) is 0 Å². The van der Waals surface area contributed by atoms with Crippen molar-refractivity contribution in [2.45, 2.75) is 6.92 Å². The lowest BCUT2D eigenvalue weighted by atomic mass is 10.5. The Hall–Kier alpha value is -0.970. The summed E-state index contributed by atoms with van der Waals surface area (Å²) < 4.78 is 0. The zero-order chi connectivity index (χ0) is 6.95. The molecule has 0 spiro atoms. The summed E-state index contributed by atoms with van der Waals surface area (Å²) >= 11 is 1.45. The largest absolute Gasteiger partial charge is 0.0925 e. The van der Waals surface area contributed by atoms with Crippen LogP contribution in [0.15, 0.2) is 0 Å². The van der Waals surface area contributed by atoms with Crippen LogP contribution in [0, 0.1) is 34.9 Å². The summed E-state index contributed by atoms with van der Waals surface area (Å²) in [5.41, 5.74) is 0. The molecule has 1 heteroatoms. The van der Waals surface area contributed by atoms with Crippen LogP contribution < -0.4 is 0 Å². The number of rotatable bonds is 0. The lowest BCUT2D eigenvalue weighted by Gasteiger charge is -1.60. The van der Waals surface area contributed by atoms with Gasteiger partial charge >= 0.3 is 0 Å². The molecule has 0 unspecified atom stereocenters. The van der Waals surface area contributed by atoms with E-state index in [1.807, 2.05) is 6.26 Å². The topological polar surface area (TPSA) is 0 Å². The third kappa shape index (κ3) is 7.03. The molecule has 0 aliphatic carbocycles. The van der Waals surface area contributed by atoms with Crippen LogP contribution in [0.5, 0.6) is 0 Å². The van der Waals surface area contributed by atoms with Gasteiger partial charge in [-0.05, 0) is 42.1 Å². The third-order valence-corrected chi connectivity index (χ3v) is 0.772. The molecule has 0 aromatic carbocycles. The molecule has 0 rings (SSSR count).